The Kier molecular flexibility index (Phi) is 4.46. The predicted octanol–water partition coefficient (Wildman–Crippen LogP) is 4.23. The molecule has 1 unspecified atom stereocenters. The fourth-order valence-electron chi connectivity index (χ4n) is 3.08. The second-order valence-corrected chi connectivity index (χ2v) is 7.84. The molecule has 5 nitrogen and oxygen atoms in total. The maximum Gasteiger partial charge on any atom is 0.262 e. The van der Waals surface area contributed by atoms with Crippen molar-refractivity contribution < 1.29 is 0 Å². The van der Waals surface area contributed by atoms with Crippen molar-refractivity contribution in [3.63, 3.8) is 0 Å². The molecule has 132 valence electrons. The van der Waals surface area contributed by atoms with Gasteiger partial charge in [-0.1, -0.05) is 41.9 Å². The topological polar surface area (TPSA) is 52.2 Å². The molecule has 7 heteroatoms. The molecule has 26 heavy (non-hydrogen) atoms. The number of fused-ring (bicyclic) bond motifs is 3. The number of para-hydroxylation sites is 1. The summed E-state index contributed by atoms with van der Waals surface area (Å²) in [5.74, 6) is 2.03. The van der Waals surface area contributed by atoms with Gasteiger partial charge in [0.15, 0.2) is 0 Å². The first-order valence-corrected chi connectivity index (χ1v) is 9.68. The van der Waals surface area contributed by atoms with Gasteiger partial charge >= 0.3 is 0 Å². The van der Waals surface area contributed by atoms with E-state index in [1.54, 1.807) is 23.4 Å². The van der Waals surface area contributed by atoms with Gasteiger partial charge in [-0.25, -0.2) is 0 Å². The normalized spacial score (nSPS) is 12.7. The zero-order valence-electron chi connectivity index (χ0n) is 14.4. The standard InChI is InChI=1S/C19H17ClN4OS/c1-12(13-7-3-5-9-15(13)20)26-11-17-21-22-19-23(2)18(25)14-8-4-6-10-16(14)24(17)19/h3-10,12H,11H2,1-2H3. The Balaban J connectivity index is 1.74. The molecule has 0 aliphatic carbocycles. The first-order chi connectivity index (χ1) is 12.6. The Morgan fingerprint density at radius 2 is 1.85 bits per heavy atom. The average Bonchev–Trinajstić information content (AvgIpc) is 3.09. The van der Waals surface area contributed by atoms with E-state index >= 15 is 0 Å². The minimum atomic E-state index is -0.0656. The number of benzene rings is 2. The van der Waals surface area contributed by atoms with Crippen LogP contribution in [0.15, 0.2) is 53.3 Å². The first-order valence-electron chi connectivity index (χ1n) is 8.25. The van der Waals surface area contributed by atoms with Gasteiger partial charge in [-0.3, -0.25) is 13.8 Å². The van der Waals surface area contributed by atoms with Gasteiger partial charge in [0.1, 0.15) is 5.82 Å². The van der Waals surface area contributed by atoms with Gasteiger partial charge in [0, 0.05) is 17.3 Å². The summed E-state index contributed by atoms with van der Waals surface area (Å²) in [6.07, 6.45) is 0. The molecule has 0 spiro atoms. The largest absolute Gasteiger partial charge is 0.279 e. The molecule has 0 saturated heterocycles. The van der Waals surface area contributed by atoms with Crippen LogP contribution in [0.2, 0.25) is 5.02 Å². The number of aromatic nitrogens is 4. The summed E-state index contributed by atoms with van der Waals surface area (Å²) in [5, 5.41) is 10.2. The SMILES string of the molecule is CC(SCc1nnc2n(C)c(=O)c3ccccc3n12)c1ccccc1Cl. The zero-order valence-corrected chi connectivity index (χ0v) is 16.0. The molecule has 2 aromatic carbocycles. The third kappa shape index (κ3) is 2.79. The van der Waals surface area contributed by atoms with E-state index in [4.69, 9.17) is 11.6 Å². The van der Waals surface area contributed by atoms with E-state index < -0.39 is 0 Å². The first kappa shape index (κ1) is 17.1. The van der Waals surface area contributed by atoms with Crippen LogP contribution >= 0.6 is 23.4 Å². The Hall–Kier alpha value is -2.31. The predicted molar refractivity (Wildman–Crippen MR) is 107 cm³/mol. The van der Waals surface area contributed by atoms with E-state index in [0.717, 1.165) is 21.9 Å². The van der Waals surface area contributed by atoms with Crippen LogP contribution in [0.3, 0.4) is 0 Å². The smallest absolute Gasteiger partial charge is 0.262 e. The number of thioether (sulfide) groups is 1. The monoisotopic (exact) mass is 384 g/mol. The minimum absolute atomic E-state index is 0.0656. The van der Waals surface area contributed by atoms with E-state index in [-0.39, 0.29) is 10.8 Å². The molecule has 1 atom stereocenters. The van der Waals surface area contributed by atoms with Crippen molar-refractivity contribution in [3.05, 3.63) is 75.3 Å². The van der Waals surface area contributed by atoms with Crippen LogP contribution in [0.25, 0.3) is 16.7 Å². The van der Waals surface area contributed by atoms with Gasteiger partial charge in [0.05, 0.1) is 16.7 Å². The van der Waals surface area contributed by atoms with Crippen molar-refractivity contribution in [2.75, 3.05) is 0 Å². The highest BCUT2D eigenvalue weighted by atomic mass is 35.5. The second-order valence-electron chi connectivity index (χ2n) is 6.11. The van der Waals surface area contributed by atoms with Crippen LogP contribution in [0.4, 0.5) is 0 Å². The second kappa shape index (κ2) is 6.78. The van der Waals surface area contributed by atoms with E-state index in [2.05, 4.69) is 17.1 Å². The van der Waals surface area contributed by atoms with E-state index in [0.29, 0.717) is 16.9 Å². The molecule has 0 aliphatic rings. The highest BCUT2D eigenvalue weighted by Crippen LogP contribution is 2.34. The number of halogens is 1. The van der Waals surface area contributed by atoms with Crippen molar-refractivity contribution >= 4 is 40.0 Å². The summed E-state index contributed by atoms with van der Waals surface area (Å²) in [7, 11) is 1.72. The third-order valence-corrected chi connectivity index (χ3v) is 6.02. The van der Waals surface area contributed by atoms with E-state index in [1.165, 1.54) is 0 Å². The lowest BCUT2D eigenvalue weighted by atomic mass is 10.2. The molecular formula is C19H17ClN4OS. The molecule has 0 fully saturated rings. The Labute approximate surface area is 159 Å². The summed E-state index contributed by atoms with van der Waals surface area (Å²) >= 11 is 8.05. The molecule has 0 radical (unpaired) electrons. The lowest BCUT2D eigenvalue weighted by Gasteiger charge is -2.13. The number of hydrogen-bond acceptors (Lipinski definition) is 4. The number of aryl methyl sites for hydroxylation is 1. The average molecular weight is 385 g/mol. The molecule has 4 rings (SSSR count). The lowest BCUT2D eigenvalue weighted by Crippen LogP contribution is -2.20. The highest BCUT2D eigenvalue weighted by molar-refractivity contribution is 7.98. The van der Waals surface area contributed by atoms with Crippen molar-refractivity contribution in [1.29, 1.82) is 0 Å². The number of rotatable bonds is 4. The van der Waals surface area contributed by atoms with Crippen LogP contribution in [-0.4, -0.2) is 19.2 Å². The molecule has 0 N–H and O–H groups in total. The fraction of sp³-hybridized carbons (Fsp3) is 0.211. The van der Waals surface area contributed by atoms with Gasteiger partial charge in [0.2, 0.25) is 5.78 Å². The molecule has 4 aromatic rings. The van der Waals surface area contributed by atoms with Crippen molar-refractivity contribution in [1.82, 2.24) is 19.2 Å². The summed E-state index contributed by atoms with van der Waals surface area (Å²) in [6.45, 7) is 2.13. The quantitative estimate of drug-likeness (QED) is 0.528. The molecule has 0 bridgehead atoms. The molecule has 0 aliphatic heterocycles. The fourth-order valence-corrected chi connectivity index (χ4v) is 4.41. The van der Waals surface area contributed by atoms with Gasteiger partial charge in [-0.2, -0.15) is 0 Å². The third-order valence-electron chi connectivity index (χ3n) is 4.50. The molecule has 0 amide bonds. The Morgan fingerprint density at radius 1 is 1.12 bits per heavy atom. The van der Waals surface area contributed by atoms with Gasteiger partial charge in [0.25, 0.3) is 5.56 Å². The van der Waals surface area contributed by atoms with Gasteiger partial charge in [-0.05, 0) is 30.7 Å². The Morgan fingerprint density at radius 3 is 2.65 bits per heavy atom. The molecule has 2 heterocycles. The van der Waals surface area contributed by atoms with Gasteiger partial charge < -0.3 is 0 Å². The van der Waals surface area contributed by atoms with Crippen LogP contribution < -0.4 is 5.56 Å². The summed E-state index contributed by atoms with van der Waals surface area (Å²) in [4.78, 5) is 12.5. The number of nitrogens with zero attached hydrogens (tertiary/aromatic N) is 4. The van der Waals surface area contributed by atoms with Crippen molar-refractivity contribution in [2.24, 2.45) is 7.05 Å². The van der Waals surface area contributed by atoms with Crippen LogP contribution in [0, 0.1) is 0 Å². The van der Waals surface area contributed by atoms with Crippen LogP contribution in [-0.2, 0) is 12.8 Å². The lowest BCUT2D eigenvalue weighted by molar-refractivity contribution is 0.857. The van der Waals surface area contributed by atoms with E-state index in [9.17, 15) is 4.79 Å². The molecular weight excluding hydrogens is 368 g/mol. The number of hydrogen-bond donors (Lipinski definition) is 0. The molecule has 2 aromatic heterocycles. The van der Waals surface area contributed by atoms with Crippen molar-refractivity contribution in [3.8, 4) is 0 Å². The van der Waals surface area contributed by atoms with Gasteiger partial charge in [-0.15, -0.1) is 22.0 Å². The van der Waals surface area contributed by atoms with Crippen molar-refractivity contribution in [2.45, 2.75) is 17.9 Å². The maximum absolute atomic E-state index is 12.5. The van der Waals surface area contributed by atoms with Crippen LogP contribution in [0.1, 0.15) is 23.6 Å². The summed E-state index contributed by atoms with van der Waals surface area (Å²) in [5.41, 5.74) is 1.87. The Bertz CT molecular complexity index is 1170. The zero-order chi connectivity index (χ0) is 18.3. The molecule has 0 saturated carbocycles. The summed E-state index contributed by atoms with van der Waals surface area (Å²) < 4.78 is 3.50. The van der Waals surface area contributed by atoms with Crippen LogP contribution in [0.5, 0.6) is 0 Å². The minimum Gasteiger partial charge on any atom is -0.279 e. The highest BCUT2D eigenvalue weighted by Gasteiger charge is 2.16. The summed E-state index contributed by atoms with van der Waals surface area (Å²) in [6, 6.07) is 15.4. The maximum atomic E-state index is 12.5. The van der Waals surface area contributed by atoms with E-state index in [1.807, 2.05) is 52.9 Å².